The van der Waals surface area contributed by atoms with E-state index in [2.05, 4.69) is 46.4 Å². The van der Waals surface area contributed by atoms with E-state index in [-0.39, 0.29) is 5.75 Å². The molecule has 4 nitrogen and oxygen atoms in total. The largest absolute Gasteiger partial charge is 0.313 e. The van der Waals surface area contributed by atoms with Crippen LogP contribution in [0.25, 0.3) is 0 Å². The van der Waals surface area contributed by atoms with E-state index in [1.807, 2.05) is 11.9 Å². The predicted octanol–water partition coefficient (Wildman–Crippen LogP) is 2.04. The third kappa shape index (κ3) is 6.83. The second-order valence-electron chi connectivity index (χ2n) is 5.07. The Balaban J connectivity index is 2.59. The molecular weight excluding hydrogens is 340 g/mol. The lowest BCUT2D eigenvalue weighted by Gasteiger charge is -2.17. The van der Waals surface area contributed by atoms with E-state index in [4.69, 9.17) is 0 Å². The van der Waals surface area contributed by atoms with Crippen LogP contribution in [0.15, 0.2) is 22.7 Å². The summed E-state index contributed by atoms with van der Waals surface area (Å²) >= 11 is 3.59. The molecule has 0 saturated carbocycles. The fourth-order valence-electron chi connectivity index (χ4n) is 1.79. The summed E-state index contributed by atoms with van der Waals surface area (Å²) in [6.07, 6.45) is 1.27. The standard InChI is InChI=1S/C14H23BrN2O2S/c1-4-16-10-12-5-6-13(14(15)9-12)11-17(2)7-8-20(3,18)19/h5-6,9,16H,4,7-8,10-11H2,1-3H3. The summed E-state index contributed by atoms with van der Waals surface area (Å²) < 4.78 is 23.4. The lowest BCUT2D eigenvalue weighted by Crippen LogP contribution is -2.25. The number of hydrogen-bond acceptors (Lipinski definition) is 4. The van der Waals surface area contributed by atoms with Crippen molar-refractivity contribution in [1.82, 2.24) is 10.2 Å². The van der Waals surface area contributed by atoms with Crippen molar-refractivity contribution in [2.24, 2.45) is 0 Å². The van der Waals surface area contributed by atoms with E-state index in [1.54, 1.807) is 0 Å². The van der Waals surface area contributed by atoms with Crippen molar-refractivity contribution < 1.29 is 8.42 Å². The second-order valence-corrected chi connectivity index (χ2v) is 8.19. The maximum atomic E-state index is 11.2. The van der Waals surface area contributed by atoms with Crippen molar-refractivity contribution in [2.75, 3.05) is 32.1 Å². The van der Waals surface area contributed by atoms with E-state index in [0.717, 1.165) is 24.1 Å². The third-order valence-electron chi connectivity index (χ3n) is 2.98. The van der Waals surface area contributed by atoms with E-state index >= 15 is 0 Å². The Bertz CT molecular complexity index is 532. The van der Waals surface area contributed by atoms with Gasteiger partial charge in [0.05, 0.1) is 5.75 Å². The Kier molecular flexibility index (Phi) is 7.15. The Hall–Kier alpha value is -0.430. The van der Waals surface area contributed by atoms with E-state index < -0.39 is 9.84 Å². The molecule has 0 aliphatic carbocycles. The number of hydrogen-bond donors (Lipinski definition) is 1. The smallest absolute Gasteiger partial charge is 0.148 e. The molecule has 0 unspecified atom stereocenters. The molecule has 0 bridgehead atoms. The molecule has 1 aromatic carbocycles. The van der Waals surface area contributed by atoms with Crippen molar-refractivity contribution in [2.45, 2.75) is 20.0 Å². The molecule has 0 saturated heterocycles. The lowest BCUT2D eigenvalue weighted by atomic mass is 10.1. The molecule has 0 heterocycles. The second kappa shape index (κ2) is 8.12. The summed E-state index contributed by atoms with van der Waals surface area (Å²) in [5, 5.41) is 3.29. The highest BCUT2D eigenvalue weighted by atomic mass is 79.9. The van der Waals surface area contributed by atoms with Crippen LogP contribution in [0.2, 0.25) is 0 Å². The van der Waals surface area contributed by atoms with Crippen molar-refractivity contribution >= 4 is 25.8 Å². The van der Waals surface area contributed by atoms with Crippen LogP contribution in [0.3, 0.4) is 0 Å². The molecule has 0 aliphatic rings. The number of sulfone groups is 1. The number of nitrogens with zero attached hydrogens (tertiary/aromatic N) is 1. The van der Waals surface area contributed by atoms with E-state index in [0.29, 0.717) is 6.54 Å². The number of halogens is 1. The molecular formula is C14H23BrN2O2S. The summed E-state index contributed by atoms with van der Waals surface area (Å²) in [4.78, 5) is 2.02. The fraction of sp³-hybridized carbons (Fsp3) is 0.571. The predicted molar refractivity (Wildman–Crippen MR) is 87.6 cm³/mol. The van der Waals surface area contributed by atoms with Crippen molar-refractivity contribution in [3.63, 3.8) is 0 Å². The molecule has 0 radical (unpaired) electrons. The molecule has 0 atom stereocenters. The van der Waals surface area contributed by atoms with Gasteiger partial charge in [0.2, 0.25) is 0 Å². The molecule has 1 N–H and O–H groups in total. The fourth-order valence-corrected chi connectivity index (χ4v) is 2.98. The summed E-state index contributed by atoms with van der Waals surface area (Å²) in [6.45, 7) is 5.18. The molecule has 1 aromatic rings. The molecule has 0 amide bonds. The highest BCUT2D eigenvalue weighted by Gasteiger charge is 2.08. The highest BCUT2D eigenvalue weighted by molar-refractivity contribution is 9.10. The van der Waals surface area contributed by atoms with Crippen LogP contribution >= 0.6 is 15.9 Å². The summed E-state index contributed by atoms with van der Waals surface area (Å²) in [7, 11) is -0.966. The Morgan fingerprint density at radius 3 is 2.60 bits per heavy atom. The zero-order valence-electron chi connectivity index (χ0n) is 12.3. The molecule has 0 spiro atoms. The monoisotopic (exact) mass is 362 g/mol. The lowest BCUT2D eigenvalue weighted by molar-refractivity contribution is 0.345. The van der Waals surface area contributed by atoms with Gasteiger partial charge in [-0.2, -0.15) is 0 Å². The topological polar surface area (TPSA) is 49.4 Å². The Morgan fingerprint density at radius 2 is 2.05 bits per heavy atom. The van der Waals surface area contributed by atoms with Gasteiger partial charge in [-0.15, -0.1) is 0 Å². The zero-order chi connectivity index (χ0) is 15.2. The van der Waals surface area contributed by atoms with Crippen molar-refractivity contribution in [3.8, 4) is 0 Å². The normalized spacial score (nSPS) is 12.1. The van der Waals surface area contributed by atoms with Crippen LogP contribution in [0.1, 0.15) is 18.1 Å². The van der Waals surface area contributed by atoms with E-state index in [1.165, 1.54) is 17.4 Å². The minimum Gasteiger partial charge on any atom is -0.313 e. The van der Waals surface area contributed by atoms with Crippen molar-refractivity contribution in [3.05, 3.63) is 33.8 Å². The molecule has 114 valence electrons. The first-order chi connectivity index (χ1) is 9.31. The minimum absolute atomic E-state index is 0.194. The Morgan fingerprint density at radius 1 is 1.35 bits per heavy atom. The van der Waals surface area contributed by atoms with Crippen LogP contribution in [-0.2, 0) is 22.9 Å². The van der Waals surface area contributed by atoms with Gasteiger partial charge in [0.25, 0.3) is 0 Å². The quantitative estimate of drug-likeness (QED) is 0.768. The van der Waals surface area contributed by atoms with Gasteiger partial charge in [0.15, 0.2) is 0 Å². The molecule has 0 aromatic heterocycles. The third-order valence-corrected chi connectivity index (χ3v) is 4.64. The minimum atomic E-state index is -2.90. The number of benzene rings is 1. The van der Waals surface area contributed by atoms with Crippen LogP contribution < -0.4 is 5.32 Å². The SMILES string of the molecule is CCNCc1ccc(CN(C)CCS(C)(=O)=O)c(Br)c1. The first-order valence-electron chi connectivity index (χ1n) is 6.66. The van der Waals surface area contributed by atoms with Gasteiger partial charge in [-0.05, 0) is 30.8 Å². The van der Waals surface area contributed by atoms with Gasteiger partial charge in [-0.25, -0.2) is 8.42 Å². The van der Waals surface area contributed by atoms with Gasteiger partial charge in [0, 0.05) is 30.4 Å². The van der Waals surface area contributed by atoms with Crippen LogP contribution in [0, 0.1) is 0 Å². The summed E-state index contributed by atoms with van der Waals surface area (Å²) in [5.74, 6) is 0.194. The van der Waals surface area contributed by atoms with E-state index in [9.17, 15) is 8.42 Å². The maximum Gasteiger partial charge on any atom is 0.148 e. The average molecular weight is 363 g/mol. The first kappa shape index (κ1) is 17.6. The Labute approximate surface area is 130 Å². The molecule has 0 aliphatic heterocycles. The molecule has 6 heteroatoms. The maximum absolute atomic E-state index is 11.2. The average Bonchev–Trinajstić information content (AvgIpc) is 2.36. The van der Waals surface area contributed by atoms with Crippen LogP contribution in [-0.4, -0.2) is 45.5 Å². The van der Waals surface area contributed by atoms with Crippen LogP contribution in [0.5, 0.6) is 0 Å². The zero-order valence-corrected chi connectivity index (χ0v) is 14.7. The van der Waals surface area contributed by atoms with Gasteiger partial charge >= 0.3 is 0 Å². The highest BCUT2D eigenvalue weighted by Crippen LogP contribution is 2.20. The van der Waals surface area contributed by atoms with Gasteiger partial charge < -0.3 is 10.2 Å². The van der Waals surface area contributed by atoms with Gasteiger partial charge in [-0.3, -0.25) is 0 Å². The van der Waals surface area contributed by atoms with Gasteiger partial charge in [0.1, 0.15) is 9.84 Å². The summed E-state index contributed by atoms with van der Waals surface area (Å²) in [6, 6.07) is 6.31. The molecule has 20 heavy (non-hydrogen) atoms. The first-order valence-corrected chi connectivity index (χ1v) is 9.51. The number of nitrogens with one attached hydrogen (secondary N) is 1. The summed E-state index contributed by atoms with van der Waals surface area (Å²) in [5.41, 5.74) is 2.41. The number of rotatable bonds is 8. The molecule has 0 fully saturated rings. The van der Waals surface area contributed by atoms with Gasteiger partial charge in [-0.1, -0.05) is 35.0 Å². The van der Waals surface area contributed by atoms with Crippen LogP contribution in [0.4, 0.5) is 0 Å². The van der Waals surface area contributed by atoms with Crippen molar-refractivity contribution in [1.29, 1.82) is 0 Å². The molecule has 1 rings (SSSR count).